The molecule has 0 heterocycles. The van der Waals surface area contributed by atoms with E-state index in [1.54, 1.807) is 0 Å². The van der Waals surface area contributed by atoms with Gasteiger partial charge >= 0.3 is 0 Å². The summed E-state index contributed by atoms with van der Waals surface area (Å²) in [6.07, 6.45) is -0.778. The lowest BCUT2D eigenvalue weighted by Crippen LogP contribution is -1.29. The molecule has 28 valence electrons. The van der Waals surface area contributed by atoms with E-state index in [4.69, 9.17) is 0 Å². The van der Waals surface area contributed by atoms with Gasteiger partial charge in [-0.25, -0.2) is 4.39 Å². The molecule has 0 amide bonds. The fraction of sp³-hybridized carbons (Fsp3) is 1.00. The lowest BCUT2D eigenvalue weighted by atomic mass is 11.8. The van der Waals surface area contributed by atoms with Crippen molar-refractivity contribution >= 4 is 11.6 Å². The fourth-order valence-electron chi connectivity index (χ4n) is 0. The Hall–Kier alpha value is 0.180. The maximum Gasteiger partial charge on any atom is 0.163 e. The van der Waals surface area contributed by atoms with Crippen LogP contribution in [0.3, 0.4) is 0 Å². The predicted octanol–water partition coefficient (Wildman–Crippen LogP) is 1.31. The number of rotatable bonds is 0. The van der Waals surface area contributed by atoms with E-state index in [0.29, 0.717) is 0 Å². The second-order valence-corrected chi connectivity index (χ2v) is 0.303. The van der Waals surface area contributed by atoms with Crippen molar-refractivity contribution in [2.24, 2.45) is 0 Å². The molecular formula is CH5ClFN. The Kier molecular flexibility index (Phi) is 24.1. The molecule has 0 unspecified atom stereocenters. The molecule has 0 fully saturated rings. The zero-order valence-electron chi connectivity index (χ0n) is 2.17. The summed E-state index contributed by atoms with van der Waals surface area (Å²) in [5.41, 5.74) is 0. The van der Waals surface area contributed by atoms with E-state index in [1.807, 2.05) is 0 Å². The van der Waals surface area contributed by atoms with Crippen molar-refractivity contribution in [1.29, 1.82) is 0 Å². The zero-order valence-corrected chi connectivity index (χ0v) is 2.93. The lowest BCUT2D eigenvalue weighted by molar-refractivity contribution is 0.599. The van der Waals surface area contributed by atoms with Gasteiger partial charge in [-0.05, 0) is 0 Å². The van der Waals surface area contributed by atoms with Crippen LogP contribution in [0, 0.1) is 0 Å². The van der Waals surface area contributed by atoms with E-state index in [-0.39, 0.29) is 6.15 Å². The van der Waals surface area contributed by atoms with Crippen LogP contribution < -0.4 is 6.15 Å². The predicted molar refractivity (Wildman–Crippen MR) is 16.9 cm³/mol. The normalized spacial score (nSPS) is 4.50. The second kappa shape index (κ2) is 10.9. The second-order valence-electron chi connectivity index (χ2n) is 0.101. The van der Waals surface area contributed by atoms with Crippen LogP contribution in [-0.4, -0.2) is 6.13 Å². The van der Waals surface area contributed by atoms with Crippen molar-refractivity contribution in [3.63, 3.8) is 0 Å². The van der Waals surface area contributed by atoms with Gasteiger partial charge in [0.1, 0.15) is 0 Å². The summed E-state index contributed by atoms with van der Waals surface area (Å²) in [6, 6.07) is 0. The summed E-state index contributed by atoms with van der Waals surface area (Å²) in [5, 5.41) is 0. The Labute approximate surface area is 29.3 Å². The van der Waals surface area contributed by atoms with Crippen LogP contribution in [0.1, 0.15) is 0 Å². The first-order valence-corrected chi connectivity index (χ1v) is 1.07. The number of hydrogen-bond donors (Lipinski definition) is 1. The third-order valence-corrected chi connectivity index (χ3v) is 0. The van der Waals surface area contributed by atoms with Crippen molar-refractivity contribution in [1.82, 2.24) is 6.15 Å². The van der Waals surface area contributed by atoms with Crippen molar-refractivity contribution in [2.75, 3.05) is 6.13 Å². The highest BCUT2D eigenvalue weighted by Gasteiger charge is 1.43. The maximum atomic E-state index is 10.1. The van der Waals surface area contributed by atoms with Gasteiger partial charge in [0.2, 0.25) is 0 Å². The minimum Gasteiger partial charge on any atom is -0.344 e. The average Bonchev–Trinajstić information content (AvgIpc) is 0.918. The van der Waals surface area contributed by atoms with Crippen LogP contribution in [0.5, 0.6) is 0 Å². The van der Waals surface area contributed by atoms with Crippen LogP contribution in [0.2, 0.25) is 0 Å². The summed E-state index contributed by atoms with van der Waals surface area (Å²) < 4.78 is 10.1. The summed E-state index contributed by atoms with van der Waals surface area (Å²) in [6.45, 7) is 0. The number of hydrogen-bond acceptors (Lipinski definition) is 1. The summed E-state index contributed by atoms with van der Waals surface area (Å²) in [7, 11) is 0. The van der Waals surface area contributed by atoms with E-state index < -0.39 is 6.13 Å². The molecule has 0 bridgehead atoms. The molecule has 0 rings (SSSR count). The molecule has 3 heteroatoms. The van der Waals surface area contributed by atoms with Crippen molar-refractivity contribution in [3.8, 4) is 0 Å². The third kappa shape index (κ3) is 93.7. The molecule has 0 radical (unpaired) electrons. The van der Waals surface area contributed by atoms with E-state index >= 15 is 0 Å². The summed E-state index contributed by atoms with van der Waals surface area (Å²) >= 11 is 4.33. The van der Waals surface area contributed by atoms with Gasteiger partial charge < -0.3 is 6.15 Å². The van der Waals surface area contributed by atoms with E-state index in [0.717, 1.165) is 0 Å². The van der Waals surface area contributed by atoms with Crippen molar-refractivity contribution in [2.45, 2.75) is 0 Å². The topological polar surface area (TPSA) is 35.0 Å². The van der Waals surface area contributed by atoms with Crippen molar-refractivity contribution in [3.05, 3.63) is 0 Å². The molecule has 0 saturated carbocycles. The molecular weight excluding hydrogens is 80.5 g/mol. The minimum absolute atomic E-state index is 0. The largest absolute Gasteiger partial charge is 0.344 e. The van der Waals surface area contributed by atoms with Gasteiger partial charge in [0.15, 0.2) is 6.13 Å². The SMILES string of the molecule is FCCl.N. The Bertz CT molecular complexity index is 8.00. The first-order valence-electron chi connectivity index (χ1n) is 0.535. The molecule has 0 aliphatic rings. The van der Waals surface area contributed by atoms with Gasteiger partial charge in [-0.3, -0.25) is 0 Å². The highest BCUT2D eigenvalue weighted by atomic mass is 35.5. The Morgan fingerprint density at radius 3 is 1.75 bits per heavy atom. The van der Waals surface area contributed by atoms with Crippen LogP contribution in [0.15, 0.2) is 0 Å². The standard InChI is InChI=1S/CH2ClF.H3N/c2-1-3;/h1H2;1H3. The Balaban J connectivity index is 0. The van der Waals surface area contributed by atoms with E-state index in [9.17, 15) is 4.39 Å². The molecule has 0 aliphatic carbocycles. The number of halogens is 2. The molecule has 0 aromatic rings. The zero-order chi connectivity index (χ0) is 2.71. The maximum absolute atomic E-state index is 10.1. The van der Waals surface area contributed by atoms with Gasteiger partial charge in [0, 0.05) is 0 Å². The summed E-state index contributed by atoms with van der Waals surface area (Å²) in [4.78, 5) is 0. The van der Waals surface area contributed by atoms with Gasteiger partial charge in [-0.2, -0.15) is 0 Å². The van der Waals surface area contributed by atoms with Crippen LogP contribution >= 0.6 is 11.6 Å². The molecule has 0 saturated heterocycles. The van der Waals surface area contributed by atoms with Gasteiger partial charge in [-0.15, -0.1) is 0 Å². The van der Waals surface area contributed by atoms with Crippen LogP contribution in [0.25, 0.3) is 0 Å². The van der Waals surface area contributed by atoms with E-state index in [1.165, 1.54) is 0 Å². The first kappa shape index (κ1) is 8.89. The average molecular weight is 85.5 g/mol. The highest BCUT2D eigenvalue weighted by molar-refractivity contribution is 6.16. The highest BCUT2D eigenvalue weighted by Crippen LogP contribution is 1.65. The molecule has 0 aliphatic heterocycles. The monoisotopic (exact) mass is 85.0 g/mol. The Morgan fingerprint density at radius 1 is 1.75 bits per heavy atom. The molecule has 4 heavy (non-hydrogen) atoms. The smallest absolute Gasteiger partial charge is 0.163 e. The fourth-order valence-corrected chi connectivity index (χ4v) is 0. The quantitative estimate of drug-likeness (QED) is 0.442. The summed E-state index contributed by atoms with van der Waals surface area (Å²) in [5.74, 6) is 0. The molecule has 3 N–H and O–H groups in total. The lowest BCUT2D eigenvalue weighted by Gasteiger charge is -1.42. The van der Waals surface area contributed by atoms with Gasteiger partial charge in [0.05, 0.1) is 0 Å². The number of alkyl halides is 2. The van der Waals surface area contributed by atoms with Crippen molar-refractivity contribution < 1.29 is 4.39 Å². The van der Waals surface area contributed by atoms with Gasteiger partial charge in [-0.1, -0.05) is 11.6 Å². The van der Waals surface area contributed by atoms with Crippen LogP contribution in [-0.2, 0) is 0 Å². The third-order valence-electron chi connectivity index (χ3n) is 0. The molecule has 1 nitrogen and oxygen atoms in total. The van der Waals surface area contributed by atoms with Crippen LogP contribution in [0.4, 0.5) is 4.39 Å². The van der Waals surface area contributed by atoms with Gasteiger partial charge in [0.25, 0.3) is 0 Å². The molecule has 0 spiro atoms. The Morgan fingerprint density at radius 2 is 1.75 bits per heavy atom. The molecule has 0 aromatic carbocycles. The minimum atomic E-state index is -0.778. The van der Waals surface area contributed by atoms with E-state index in [2.05, 4.69) is 11.6 Å². The molecule has 0 atom stereocenters. The first-order chi connectivity index (χ1) is 1.41. The molecule has 0 aromatic heterocycles.